The average molecular weight is 335 g/mol. The van der Waals surface area contributed by atoms with E-state index in [2.05, 4.69) is 36.2 Å². The number of nitrogens with one attached hydrogen (secondary N) is 1. The van der Waals surface area contributed by atoms with Crippen molar-refractivity contribution in [1.82, 2.24) is 4.57 Å². The van der Waals surface area contributed by atoms with Crippen LogP contribution in [-0.4, -0.2) is 30.0 Å². The second-order valence-electron chi connectivity index (χ2n) is 6.17. The van der Waals surface area contributed by atoms with Crippen LogP contribution in [0.4, 0.5) is 11.4 Å². The standard InChI is InChI=1S/C21H25N3O/c1-4-24(5-2)17-12-10-16(11-13-17)22-14-21(25)19-15-23(3)20-9-7-6-8-18(19)20/h6-13,15,22H,4-5,14H2,1-3H3. The molecule has 0 aliphatic rings. The number of carbonyl (C=O) groups is 1. The van der Waals surface area contributed by atoms with Gasteiger partial charge in [0.15, 0.2) is 5.78 Å². The van der Waals surface area contributed by atoms with Crippen molar-refractivity contribution in [2.24, 2.45) is 7.05 Å². The third-order valence-corrected chi connectivity index (χ3v) is 4.65. The largest absolute Gasteiger partial charge is 0.378 e. The predicted octanol–water partition coefficient (Wildman–Crippen LogP) is 4.32. The van der Waals surface area contributed by atoms with Crippen molar-refractivity contribution in [3.63, 3.8) is 0 Å². The van der Waals surface area contributed by atoms with Crippen molar-refractivity contribution in [1.29, 1.82) is 0 Å². The summed E-state index contributed by atoms with van der Waals surface area (Å²) in [6, 6.07) is 16.3. The Labute approximate surface area is 149 Å². The zero-order valence-corrected chi connectivity index (χ0v) is 15.1. The number of fused-ring (bicyclic) bond motifs is 1. The van der Waals surface area contributed by atoms with Crippen LogP contribution in [0.1, 0.15) is 24.2 Å². The topological polar surface area (TPSA) is 37.3 Å². The van der Waals surface area contributed by atoms with Crippen LogP contribution < -0.4 is 10.2 Å². The fraction of sp³-hybridized carbons (Fsp3) is 0.286. The first kappa shape index (κ1) is 17.1. The molecule has 2 aromatic carbocycles. The zero-order valence-electron chi connectivity index (χ0n) is 15.1. The zero-order chi connectivity index (χ0) is 17.8. The minimum Gasteiger partial charge on any atom is -0.378 e. The average Bonchev–Trinajstić information content (AvgIpc) is 2.99. The number of benzene rings is 2. The summed E-state index contributed by atoms with van der Waals surface area (Å²) in [4.78, 5) is 14.9. The van der Waals surface area contributed by atoms with Gasteiger partial charge in [-0.2, -0.15) is 0 Å². The molecule has 0 aliphatic heterocycles. The van der Waals surface area contributed by atoms with Crippen molar-refractivity contribution >= 4 is 28.1 Å². The van der Waals surface area contributed by atoms with Gasteiger partial charge in [0.05, 0.1) is 6.54 Å². The quantitative estimate of drug-likeness (QED) is 0.653. The van der Waals surface area contributed by atoms with Crippen LogP contribution in [0.5, 0.6) is 0 Å². The first-order chi connectivity index (χ1) is 12.1. The van der Waals surface area contributed by atoms with Gasteiger partial charge in [0.25, 0.3) is 0 Å². The number of hydrogen-bond donors (Lipinski definition) is 1. The maximum Gasteiger partial charge on any atom is 0.184 e. The Morgan fingerprint density at radius 3 is 2.40 bits per heavy atom. The molecule has 3 rings (SSSR count). The molecule has 0 spiro atoms. The number of ketones is 1. The molecule has 0 amide bonds. The summed E-state index contributed by atoms with van der Waals surface area (Å²) >= 11 is 0. The lowest BCUT2D eigenvalue weighted by Crippen LogP contribution is -2.21. The molecular formula is C21H25N3O. The van der Waals surface area contributed by atoms with Gasteiger partial charge in [-0.25, -0.2) is 0 Å². The van der Waals surface area contributed by atoms with E-state index < -0.39 is 0 Å². The predicted molar refractivity (Wildman–Crippen MR) is 106 cm³/mol. The van der Waals surface area contributed by atoms with E-state index in [1.54, 1.807) is 0 Å². The molecule has 0 aliphatic carbocycles. The molecule has 3 aromatic rings. The molecule has 4 nitrogen and oxygen atoms in total. The highest BCUT2D eigenvalue weighted by Crippen LogP contribution is 2.21. The van der Waals surface area contributed by atoms with Crippen LogP contribution >= 0.6 is 0 Å². The third kappa shape index (κ3) is 3.53. The lowest BCUT2D eigenvalue weighted by atomic mass is 10.1. The van der Waals surface area contributed by atoms with E-state index in [1.165, 1.54) is 5.69 Å². The van der Waals surface area contributed by atoms with Crippen LogP contribution in [0.3, 0.4) is 0 Å². The van der Waals surface area contributed by atoms with Gasteiger partial charge in [0.1, 0.15) is 0 Å². The van der Waals surface area contributed by atoms with E-state index >= 15 is 0 Å². The van der Waals surface area contributed by atoms with E-state index in [-0.39, 0.29) is 5.78 Å². The van der Waals surface area contributed by atoms with Crippen molar-refractivity contribution in [3.8, 4) is 0 Å². The minimum atomic E-state index is 0.101. The van der Waals surface area contributed by atoms with E-state index in [0.29, 0.717) is 6.54 Å². The molecule has 0 saturated carbocycles. The first-order valence-corrected chi connectivity index (χ1v) is 8.80. The van der Waals surface area contributed by atoms with Gasteiger partial charge in [-0.1, -0.05) is 18.2 Å². The summed E-state index contributed by atoms with van der Waals surface area (Å²) in [5.74, 6) is 0.101. The number of rotatable bonds is 7. The molecule has 0 unspecified atom stereocenters. The monoisotopic (exact) mass is 335 g/mol. The summed E-state index contributed by atoms with van der Waals surface area (Å²) in [6.45, 7) is 6.57. The number of aryl methyl sites for hydroxylation is 1. The summed E-state index contributed by atoms with van der Waals surface area (Å²) in [5.41, 5.74) is 4.01. The van der Waals surface area contributed by atoms with E-state index in [0.717, 1.165) is 35.2 Å². The lowest BCUT2D eigenvalue weighted by molar-refractivity contribution is 0.101. The molecule has 1 N–H and O–H groups in total. The Kier molecular flexibility index (Phi) is 5.08. The molecule has 0 fully saturated rings. The van der Waals surface area contributed by atoms with Gasteiger partial charge in [0, 0.05) is 54.2 Å². The second-order valence-corrected chi connectivity index (χ2v) is 6.17. The maximum absolute atomic E-state index is 12.6. The highest BCUT2D eigenvalue weighted by molar-refractivity contribution is 6.09. The Morgan fingerprint density at radius 1 is 1.04 bits per heavy atom. The summed E-state index contributed by atoms with van der Waals surface area (Å²) in [6.07, 6.45) is 1.91. The molecule has 0 saturated heterocycles. The molecule has 130 valence electrons. The number of nitrogens with zero attached hydrogens (tertiary/aromatic N) is 2. The number of hydrogen-bond acceptors (Lipinski definition) is 3. The second kappa shape index (κ2) is 7.43. The Hall–Kier alpha value is -2.75. The van der Waals surface area contributed by atoms with E-state index in [9.17, 15) is 4.79 Å². The van der Waals surface area contributed by atoms with Crippen molar-refractivity contribution < 1.29 is 4.79 Å². The maximum atomic E-state index is 12.6. The van der Waals surface area contributed by atoms with E-state index in [1.807, 2.05) is 54.2 Å². The number of anilines is 2. The SMILES string of the molecule is CCN(CC)c1ccc(NCC(=O)c2cn(C)c3ccccc23)cc1. The van der Waals surface area contributed by atoms with Gasteiger partial charge >= 0.3 is 0 Å². The Morgan fingerprint density at radius 2 is 1.72 bits per heavy atom. The van der Waals surface area contributed by atoms with Crippen molar-refractivity contribution in [2.75, 3.05) is 29.9 Å². The molecule has 1 aromatic heterocycles. The van der Waals surface area contributed by atoms with Gasteiger partial charge in [-0.3, -0.25) is 4.79 Å². The number of para-hydroxylation sites is 1. The molecule has 1 heterocycles. The van der Waals surface area contributed by atoms with Gasteiger partial charge in [-0.05, 0) is 44.2 Å². The summed E-state index contributed by atoms with van der Waals surface area (Å²) in [5, 5.41) is 4.25. The van der Waals surface area contributed by atoms with Gasteiger partial charge in [0.2, 0.25) is 0 Å². The van der Waals surface area contributed by atoms with Crippen molar-refractivity contribution in [2.45, 2.75) is 13.8 Å². The summed E-state index contributed by atoms with van der Waals surface area (Å²) in [7, 11) is 1.97. The molecule has 0 atom stereocenters. The van der Waals surface area contributed by atoms with Gasteiger partial charge in [-0.15, -0.1) is 0 Å². The molecule has 0 bridgehead atoms. The third-order valence-electron chi connectivity index (χ3n) is 4.65. The van der Waals surface area contributed by atoms with Crippen LogP contribution in [-0.2, 0) is 7.05 Å². The van der Waals surface area contributed by atoms with Crippen LogP contribution in [0, 0.1) is 0 Å². The van der Waals surface area contributed by atoms with E-state index in [4.69, 9.17) is 0 Å². The smallest absolute Gasteiger partial charge is 0.184 e. The summed E-state index contributed by atoms with van der Waals surface area (Å²) < 4.78 is 2.00. The number of aromatic nitrogens is 1. The van der Waals surface area contributed by atoms with Crippen LogP contribution in [0.2, 0.25) is 0 Å². The van der Waals surface area contributed by atoms with Gasteiger partial charge < -0.3 is 14.8 Å². The first-order valence-electron chi connectivity index (χ1n) is 8.80. The molecule has 0 radical (unpaired) electrons. The highest BCUT2D eigenvalue weighted by Gasteiger charge is 2.13. The molecule has 4 heteroatoms. The Bertz CT molecular complexity index is 860. The number of Topliss-reactive ketones (excluding diaryl/α,β-unsaturated/α-hetero) is 1. The Balaban J connectivity index is 1.69. The number of carbonyl (C=O) groups excluding carboxylic acids is 1. The lowest BCUT2D eigenvalue weighted by Gasteiger charge is -2.21. The van der Waals surface area contributed by atoms with Crippen LogP contribution in [0.25, 0.3) is 10.9 Å². The normalized spacial score (nSPS) is 10.8. The van der Waals surface area contributed by atoms with Crippen molar-refractivity contribution in [3.05, 3.63) is 60.3 Å². The fourth-order valence-electron chi connectivity index (χ4n) is 3.22. The minimum absolute atomic E-state index is 0.101. The fourth-order valence-corrected chi connectivity index (χ4v) is 3.22. The highest BCUT2D eigenvalue weighted by atomic mass is 16.1. The molecule has 25 heavy (non-hydrogen) atoms. The van der Waals surface area contributed by atoms with Crippen LogP contribution in [0.15, 0.2) is 54.7 Å². The molecular weight excluding hydrogens is 310 g/mol.